The lowest BCUT2D eigenvalue weighted by Gasteiger charge is -2.18. The van der Waals surface area contributed by atoms with Gasteiger partial charge in [-0.1, -0.05) is 0 Å². The summed E-state index contributed by atoms with van der Waals surface area (Å²) in [5.41, 5.74) is -0.470. The van der Waals surface area contributed by atoms with Gasteiger partial charge in [-0.05, 0) is 26.5 Å². The fraction of sp³-hybridized carbons (Fsp3) is 0.571. The molecule has 7 nitrogen and oxygen atoms in total. The Morgan fingerprint density at radius 3 is 2.38 bits per heavy atom. The molecule has 0 N–H and O–H groups in total. The van der Waals surface area contributed by atoms with E-state index in [4.69, 9.17) is 0 Å². The molecule has 1 heterocycles. The van der Waals surface area contributed by atoms with E-state index in [1.54, 1.807) is 26.0 Å². The van der Waals surface area contributed by atoms with E-state index in [2.05, 4.69) is 11.7 Å². The summed E-state index contributed by atoms with van der Waals surface area (Å²) < 4.78 is 2.50. The van der Waals surface area contributed by atoms with Gasteiger partial charge in [0.2, 0.25) is 0 Å². The second kappa shape index (κ2) is 7.01. The summed E-state index contributed by atoms with van der Waals surface area (Å²) in [5, 5.41) is 0. The molecule has 0 saturated carbocycles. The number of hydrogen-bond acceptors (Lipinski definition) is 5. The molecule has 0 aliphatic rings. The third kappa shape index (κ3) is 3.68. The van der Waals surface area contributed by atoms with Crippen molar-refractivity contribution < 1.29 is 4.79 Å². The topological polar surface area (TPSA) is 76.7 Å². The molecule has 0 unspecified atom stereocenters. The third-order valence-corrected chi connectivity index (χ3v) is 3.25. The smallest absolute Gasteiger partial charge is 0.332 e. The molecule has 116 valence electrons. The molecule has 0 radical (unpaired) electrons. The number of carbonyl (C=O) groups is 1. The summed E-state index contributed by atoms with van der Waals surface area (Å²) in [6.45, 7) is 5.24. The predicted octanol–water partition coefficient (Wildman–Crippen LogP) is 0.704. The highest BCUT2D eigenvalue weighted by Gasteiger charge is 2.17. The average Bonchev–Trinajstić information content (AvgIpc) is 2.40. The second-order valence-electron chi connectivity index (χ2n) is 5.18. The van der Waals surface area contributed by atoms with Crippen molar-refractivity contribution >= 4 is 24.0 Å². The normalized spacial score (nSPS) is 10.5. The van der Waals surface area contributed by atoms with Crippen molar-refractivity contribution in [3.05, 3.63) is 20.8 Å². The van der Waals surface area contributed by atoms with E-state index in [0.29, 0.717) is 24.9 Å². The molecular formula is C14H22N4O3. The first kappa shape index (κ1) is 16.9. The zero-order valence-corrected chi connectivity index (χ0v) is 13.0. The average molecular weight is 294 g/mol. The Hall–Kier alpha value is -2.18. The quantitative estimate of drug-likeness (QED) is 0.548. The van der Waals surface area contributed by atoms with Crippen molar-refractivity contribution in [1.82, 2.24) is 9.13 Å². The summed E-state index contributed by atoms with van der Waals surface area (Å²) >= 11 is 0. The summed E-state index contributed by atoms with van der Waals surface area (Å²) in [6, 6.07) is 0. The maximum absolute atomic E-state index is 12.4. The van der Waals surface area contributed by atoms with E-state index in [9.17, 15) is 14.4 Å². The highest BCUT2D eigenvalue weighted by molar-refractivity contribution is 5.75. The van der Waals surface area contributed by atoms with Crippen LogP contribution in [0, 0.1) is 0 Å². The van der Waals surface area contributed by atoms with E-state index >= 15 is 0 Å². The summed E-state index contributed by atoms with van der Waals surface area (Å²) in [6.07, 6.45) is 1.72. The third-order valence-electron chi connectivity index (χ3n) is 3.25. The number of unbranched alkanes of at least 4 members (excludes halogenated alkanes) is 1. The van der Waals surface area contributed by atoms with Gasteiger partial charge in [-0.15, -0.1) is 0 Å². The van der Waals surface area contributed by atoms with E-state index in [1.165, 1.54) is 16.1 Å². The van der Waals surface area contributed by atoms with Gasteiger partial charge in [0.15, 0.2) is 5.82 Å². The fourth-order valence-corrected chi connectivity index (χ4v) is 2.15. The van der Waals surface area contributed by atoms with Crippen molar-refractivity contribution in [2.24, 2.45) is 12.0 Å². The lowest BCUT2D eigenvalue weighted by Crippen LogP contribution is -2.41. The molecule has 0 amide bonds. The van der Waals surface area contributed by atoms with Crippen LogP contribution in [0.25, 0.3) is 0 Å². The number of rotatable bonds is 7. The number of ketones is 1. The number of Topliss-reactive ketones (excluding diaryl/α,β-unsaturated/α-hetero) is 1. The molecule has 0 aromatic carbocycles. The van der Waals surface area contributed by atoms with Crippen LogP contribution < -0.4 is 16.1 Å². The van der Waals surface area contributed by atoms with Gasteiger partial charge in [0.05, 0.1) is 0 Å². The molecule has 7 heteroatoms. The Kier molecular flexibility index (Phi) is 5.63. The van der Waals surface area contributed by atoms with Gasteiger partial charge >= 0.3 is 5.69 Å². The van der Waals surface area contributed by atoms with Gasteiger partial charge in [-0.3, -0.25) is 13.9 Å². The van der Waals surface area contributed by atoms with Crippen molar-refractivity contribution in [2.45, 2.75) is 32.7 Å². The first-order valence-electron chi connectivity index (χ1n) is 6.78. The van der Waals surface area contributed by atoms with Gasteiger partial charge in [-0.25, -0.2) is 9.79 Å². The molecular weight excluding hydrogens is 272 g/mol. The largest absolute Gasteiger partial charge is 0.370 e. The first-order chi connectivity index (χ1) is 9.81. The van der Waals surface area contributed by atoms with Crippen LogP contribution in [0.4, 0.5) is 11.5 Å². The van der Waals surface area contributed by atoms with Crippen LogP contribution in [0.5, 0.6) is 0 Å². The van der Waals surface area contributed by atoms with Crippen LogP contribution >= 0.6 is 0 Å². The van der Waals surface area contributed by atoms with Gasteiger partial charge in [0.1, 0.15) is 11.5 Å². The molecule has 1 aromatic rings. The molecule has 0 spiro atoms. The van der Waals surface area contributed by atoms with Crippen LogP contribution in [0.1, 0.15) is 26.2 Å². The Balaban J connectivity index is 3.22. The van der Waals surface area contributed by atoms with Crippen LogP contribution in [-0.4, -0.2) is 35.7 Å². The van der Waals surface area contributed by atoms with Gasteiger partial charge in [-0.2, -0.15) is 0 Å². The number of carbonyl (C=O) groups excluding carboxylic acids is 1. The monoisotopic (exact) mass is 294 g/mol. The van der Waals surface area contributed by atoms with Crippen molar-refractivity contribution in [3.8, 4) is 0 Å². The van der Waals surface area contributed by atoms with E-state index in [0.717, 1.165) is 0 Å². The summed E-state index contributed by atoms with van der Waals surface area (Å²) in [7, 11) is 5.00. The summed E-state index contributed by atoms with van der Waals surface area (Å²) in [5.74, 6) is 0.366. The fourth-order valence-electron chi connectivity index (χ4n) is 2.15. The van der Waals surface area contributed by atoms with Crippen LogP contribution in [0.3, 0.4) is 0 Å². The van der Waals surface area contributed by atoms with Gasteiger partial charge in [0, 0.05) is 34.1 Å². The summed E-state index contributed by atoms with van der Waals surface area (Å²) in [4.78, 5) is 41.0. The highest BCUT2D eigenvalue weighted by Crippen LogP contribution is 2.19. The number of aromatic nitrogens is 2. The number of anilines is 1. The second-order valence-corrected chi connectivity index (χ2v) is 5.18. The van der Waals surface area contributed by atoms with Gasteiger partial charge < -0.3 is 9.69 Å². The Labute approximate surface area is 123 Å². The zero-order valence-electron chi connectivity index (χ0n) is 13.0. The molecule has 0 bridgehead atoms. The highest BCUT2D eigenvalue weighted by atomic mass is 16.2. The minimum Gasteiger partial charge on any atom is -0.370 e. The molecule has 0 aliphatic heterocycles. The van der Waals surface area contributed by atoms with Crippen LogP contribution in [-0.2, 0) is 18.4 Å². The van der Waals surface area contributed by atoms with Crippen molar-refractivity contribution in [1.29, 1.82) is 0 Å². The van der Waals surface area contributed by atoms with E-state index < -0.39 is 5.69 Å². The van der Waals surface area contributed by atoms with E-state index in [1.807, 2.05) is 0 Å². The van der Waals surface area contributed by atoms with Crippen molar-refractivity contribution in [2.75, 3.05) is 19.0 Å². The maximum Gasteiger partial charge on any atom is 0.332 e. The lowest BCUT2D eigenvalue weighted by atomic mass is 10.2. The molecule has 0 atom stereocenters. The molecule has 1 aromatic heterocycles. The molecule has 21 heavy (non-hydrogen) atoms. The zero-order chi connectivity index (χ0) is 16.2. The molecule has 1 rings (SSSR count). The molecule has 0 saturated heterocycles. The minimum atomic E-state index is -0.421. The van der Waals surface area contributed by atoms with Crippen molar-refractivity contribution in [3.63, 3.8) is 0 Å². The van der Waals surface area contributed by atoms with Crippen LogP contribution in [0.2, 0.25) is 0 Å². The number of hydrogen-bond donors (Lipinski definition) is 0. The Morgan fingerprint density at radius 2 is 1.90 bits per heavy atom. The Morgan fingerprint density at radius 1 is 1.29 bits per heavy atom. The minimum absolute atomic E-state index is 0.107. The van der Waals surface area contributed by atoms with Gasteiger partial charge in [0.25, 0.3) is 5.56 Å². The standard InChI is InChI=1S/C14H22N4O3/c1-10(19)8-6-7-9-18-13(20)11(16(3)4)12(15-2)17(5)14(18)21/h2,6-9H2,1,3-5H3. The lowest BCUT2D eigenvalue weighted by molar-refractivity contribution is -0.117. The number of nitrogens with zero attached hydrogens (tertiary/aromatic N) is 4. The Bertz CT molecular complexity index is 655. The van der Waals surface area contributed by atoms with E-state index in [-0.39, 0.29) is 23.7 Å². The first-order valence-corrected chi connectivity index (χ1v) is 6.78. The van der Waals surface area contributed by atoms with Crippen LogP contribution in [0.15, 0.2) is 14.6 Å². The molecule has 0 fully saturated rings. The molecule has 0 aliphatic carbocycles. The predicted molar refractivity (Wildman–Crippen MR) is 84.0 cm³/mol. The number of aliphatic imine (C=N–C) groups is 1. The SMILES string of the molecule is C=Nc1c(N(C)C)c(=O)n(CCCCC(C)=O)c(=O)n1C. The maximum atomic E-state index is 12.4.